The zero-order valence-corrected chi connectivity index (χ0v) is 19.0. The van der Waals surface area contributed by atoms with Crippen LogP contribution in [0.25, 0.3) is 0 Å². The number of ether oxygens (including phenoxy) is 1. The Balaban J connectivity index is 1.54. The predicted molar refractivity (Wildman–Crippen MR) is 124 cm³/mol. The highest BCUT2D eigenvalue weighted by molar-refractivity contribution is 6.35. The van der Waals surface area contributed by atoms with Gasteiger partial charge in [-0.3, -0.25) is 14.5 Å². The first kappa shape index (κ1) is 23.7. The third kappa shape index (κ3) is 6.50. The van der Waals surface area contributed by atoms with E-state index in [1.54, 1.807) is 13.4 Å². The van der Waals surface area contributed by atoms with Gasteiger partial charge in [0.25, 0.3) is 0 Å². The van der Waals surface area contributed by atoms with Crippen molar-refractivity contribution in [1.29, 1.82) is 0 Å². The van der Waals surface area contributed by atoms with E-state index in [0.717, 1.165) is 62.6 Å². The van der Waals surface area contributed by atoms with Gasteiger partial charge in [-0.25, -0.2) is 0 Å². The number of rotatable bonds is 10. The molecule has 1 aliphatic heterocycles. The van der Waals surface area contributed by atoms with Crippen molar-refractivity contribution in [3.63, 3.8) is 0 Å². The summed E-state index contributed by atoms with van der Waals surface area (Å²) in [6.45, 7) is 6.28. The van der Waals surface area contributed by atoms with Crippen molar-refractivity contribution in [2.45, 2.75) is 32.2 Å². The fraction of sp³-hybridized carbons (Fsp3) is 0.500. The Morgan fingerprint density at radius 2 is 1.75 bits per heavy atom. The Hall–Kier alpha value is -3.00. The van der Waals surface area contributed by atoms with Gasteiger partial charge in [0.2, 0.25) is 0 Å². The molecule has 2 heterocycles. The van der Waals surface area contributed by atoms with Gasteiger partial charge in [-0.2, -0.15) is 0 Å². The first-order valence-electron chi connectivity index (χ1n) is 11.3. The van der Waals surface area contributed by atoms with Crippen molar-refractivity contribution in [1.82, 2.24) is 15.5 Å². The number of hydrogen-bond donors (Lipinski definition) is 2. The molecular weight excluding hydrogens is 408 g/mol. The first-order chi connectivity index (χ1) is 15.6. The number of hydrogen-bond acceptors (Lipinski definition) is 6. The van der Waals surface area contributed by atoms with Crippen molar-refractivity contribution >= 4 is 17.5 Å². The molecular formula is C24H34N4O4. The van der Waals surface area contributed by atoms with Gasteiger partial charge in [0, 0.05) is 45.0 Å². The van der Waals surface area contributed by atoms with Crippen molar-refractivity contribution in [3.05, 3.63) is 48.4 Å². The lowest BCUT2D eigenvalue weighted by Crippen LogP contribution is -2.50. The number of anilines is 1. The van der Waals surface area contributed by atoms with Gasteiger partial charge in [0.15, 0.2) is 0 Å². The fourth-order valence-corrected chi connectivity index (χ4v) is 3.90. The molecule has 2 aromatic rings. The summed E-state index contributed by atoms with van der Waals surface area (Å²) < 4.78 is 10.9. The fourth-order valence-electron chi connectivity index (χ4n) is 3.90. The van der Waals surface area contributed by atoms with E-state index in [9.17, 15) is 9.59 Å². The van der Waals surface area contributed by atoms with Gasteiger partial charge in [0.05, 0.1) is 19.4 Å². The molecule has 1 fully saturated rings. The average Bonchev–Trinajstić information content (AvgIpc) is 3.37. The van der Waals surface area contributed by atoms with Crippen LogP contribution < -0.4 is 20.3 Å². The highest BCUT2D eigenvalue weighted by Gasteiger charge is 2.28. The number of methoxy groups -OCH3 is 1. The molecule has 1 aromatic carbocycles. The standard InChI is InChI=1S/C24H34N4O4/c1-3-4-5-12-25-23(29)24(30)26-18-21(22-7-6-17-32-22)28-15-13-27(14-16-28)19-8-10-20(31-2)11-9-19/h6-11,17,21H,3-5,12-16,18H2,1-2H3,(H,25,29)(H,26,30)/t21-/m1/s1. The van der Waals surface area contributed by atoms with E-state index in [1.165, 1.54) is 0 Å². The molecule has 0 bridgehead atoms. The summed E-state index contributed by atoms with van der Waals surface area (Å²) in [5, 5.41) is 5.47. The molecule has 8 heteroatoms. The molecule has 3 rings (SSSR count). The molecule has 8 nitrogen and oxygen atoms in total. The number of amides is 2. The number of benzene rings is 1. The number of carbonyl (C=O) groups excluding carboxylic acids is 2. The van der Waals surface area contributed by atoms with Gasteiger partial charge in [-0.15, -0.1) is 0 Å². The Morgan fingerprint density at radius 1 is 1.03 bits per heavy atom. The maximum Gasteiger partial charge on any atom is 0.309 e. The van der Waals surface area contributed by atoms with E-state index in [0.29, 0.717) is 13.1 Å². The van der Waals surface area contributed by atoms with Crippen LogP contribution in [0.1, 0.15) is 38.0 Å². The van der Waals surface area contributed by atoms with E-state index in [4.69, 9.17) is 9.15 Å². The van der Waals surface area contributed by atoms with Crippen molar-refractivity contribution in [2.75, 3.05) is 51.3 Å². The quantitative estimate of drug-likeness (QED) is 0.434. The molecule has 1 aromatic heterocycles. The second-order valence-electron chi connectivity index (χ2n) is 7.93. The van der Waals surface area contributed by atoms with Crippen LogP contribution in [0.2, 0.25) is 0 Å². The van der Waals surface area contributed by atoms with Crippen LogP contribution in [0.15, 0.2) is 47.1 Å². The smallest absolute Gasteiger partial charge is 0.309 e. The van der Waals surface area contributed by atoms with E-state index >= 15 is 0 Å². The summed E-state index contributed by atoms with van der Waals surface area (Å²) in [7, 11) is 1.66. The van der Waals surface area contributed by atoms with Crippen molar-refractivity contribution in [2.24, 2.45) is 0 Å². The molecule has 1 atom stereocenters. The molecule has 2 N–H and O–H groups in total. The molecule has 174 valence electrons. The summed E-state index contributed by atoms with van der Waals surface area (Å²) in [5.41, 5.74) is 1.16. The second kappa shape index (κ2) is 12.1. The topological polar surface area (TPSA) is 87.0 Å². The number of furan rings is 1. The number of carbonyl (C=O) groups is 2. The molecule has 0 unspecified atom stereocenters. The Morgan fingerprint density at radius 3 is 2.38 bits per heavy atom. The lowest BCUT2D eigenvalue weighted by molar-refractivity contribution is -0.139. The third-order valence-electron chi connectivity index (χ3n) is 5.79. The number of unbranched alkanes of at least 4 members (excludes halogenated alkanes) is 2. The van der Waals surface area contributed by atoms with E-state index < -0.39 is 11.8 Å². The summed E-state index contributed by atoms with van der Waals surface area (Å²) in [6, 6.07) is 11.7. The highest BCUT2D eigenvalue weighted by atomic mass is 16.5. The molecule has 32 heavy (non-hydrogen) atoms. The molecule has 1 saturated heterocycles. The minimum absolute atomic E-state index is 0.125. The van der Waals surface area contributed by atoms with Crippen molar-refractivity contribution in [3.8, 4) is 5.75 Å². The van der Waals surface area contributed by atoms with E-state index in [-0.39, 0.29) is 6.04 Å². The first-order valence-corrected chi connectivity index (χ1v) is 11.3. The van der Waals surface area contributed by atoms with Crippen LogP contribution in [-0.4, -0.2) is 63.1 Å². The minimum Gasteiger partial charge on any atom is -0.497 e. The van der Waals surface area contributed by atoms with Crippen LogP contribution in [0, 0.1) is 0 Å². The third-order valence-corrected chi connectivity index (χ3v) is 5.79. The minimum atomic E-state index is -0.602. The van der Waals surface area contributed by atoms with E-state index in [2.05, 4.69) is 39.5 Å². The zero-order valence-electron chi connectivity index (χ0n) is 19.0. The normalized spacial score (nSPS) is 15.2. The largest absolute Gasteiger partial charge is 0.497 e. The molecule has 0 radical (unpaired) electrons. The number of nitrogens with zero attached hydrogens (tertiary/aromatic N) is 2. The van der Waals surface area contributed by atoms with Gasteiger partial charge in [-0.1, -0.05) is 19.8 Å². The summed E-state index contributed by atoms with van der Waals surface area (Å²) >= 11 is 0. The zero-order chi connectivity index (χ0) is 22.8. The lowest BCUT2D eigenvalue weighted by Gasteiger charge is -2.39. The second-order valence-corrected chi connectivity index (χ2v) is 7.93. The van der Waals surface area contributed by atoms with Gasteiger partial charge in [-0.05, 0) is 42.8 Å². The lowest BCUT2D eigenvalue weighted by atomic mass is 10.1. The van der Waals surface area contributed by atoms with Crippen LogP contribution in [-0.2, 0) is 9.59 Å². The van der Waals surface area contributed by atoms with Crippen LogP contribution in [0.4, 0.5) is 5.69 Å². The number of piperazine rings is 1. The summed E-state index contributed by atoms with van der Waals surface area (Å²) in [6.07, 6.45) is 4.62. The average molecular weight is 443 g/mol. The molecule has 0 aliphatic carbocycles. The number of nitrogens with one attached hydrogen (secondary N) is 2. The molecule has 0 saturated carbocycles. The van der Waals surface area contributed by atoms with E-state index in [1.807, 2.05) is 24.3 Å². The van der Waals surface area contributed by atoms with Crippen LogP contribution >= 0.6 is 0 Å². The van der Waals surface area contributed by atoms with Gasteiger partial charge >= 0.3 is 11.8 Å². The molecule has 0 spiro atoms. The predicted octanol–water partition coefficient (Wildman–Crippen LogP) is 2.57. The van der Waals surface area contributed by atoms with Gasteiger partial charge < -0.3 is 24.7 Å². The van der Waals surface area contributed by atoms with Crippen molar-refractivity contribution < 1.29 is 18.7 Å². The summed E-state index contributed by atoms with van der Waals surface area (Å²) in [4.78, 5) is 28.9. The Bertz CT molecular complexity index is 830. The Labute approximate surface area is 189 Å². The maximum absolute atomic E-state index is 12.3. The van der Waals surface area contributed by atoms with Crippen LogP contribution in [0.5, 0.6) is 5.75 Å². The Kier molecular flexibility index (Phi) is 8.98. The molecule has 1 aliphatic rings. The molecule has 2 amide bonds. The van der Waals surface area contributed by atoms with Gasteiger partial charge in [0.1, 0.15) is 11.5 Å². The highest BCUT2D eigenvalue weighted by Crippen LogP contribution is 2.25. The monoisotopic (exact) mass is 442 g/mol. The summed E-state index contributed by atoms with van der Waals surface area (Å²) in [5.74, 6) is 0.445. The maximum atomic E-state index is 12.3. The van der Waals surface area contributed by atoms with Crippen LogP contribution in [0.3, 0.4) is 0 Å². The SMILES string of the molecule is CCCCCNC(=O)C(=O)NC[C@H](c1ccco1)N1CCN(c2ccc(OC)cc2)CC1.